The van der Waals surface area contributed by atoms with Gasteiger partial charge in [0.1, 0.15) is 0 Å². The summed E-state index contributed by atoms with van der Waals surface area (Å²) in [7, 11) is 0. The van der Waals surface area contributed by atoms with E-state index in [0.29, 0.717) is 18.7 Å². The van der Waals surface area contributed by atoms with Gasteiger partial charge in [-0.25, -0.2) is 0 Å². The summed E-state index contributed by atoms with van der Waals surface area (Å²) in [5.74, 6) is 0.0286. The lowest BCUT2D eigenvalue weighted by Gasteiger charge is -2.19. The van der Waals surface area contributed by atoms with Crippen LogP contribution in [0.25, 0.3) is 0 Å². The Morgan fingerprint density at radius 2 is 2.11 bits per heavy atom. The van der Waals surface area contributed by atoms with Gasteiger partial charge in [0.25, 0.3) is 5.91 Å². The number of hydrogen-bond acceptors (Lipinski definition) is 3. The molecule has 0 fully saturated rings. The van der Waals surface area contributed by atoms with E-state index in [1.807, 2.05) is 25.1 Å². The van der Waals surface area contributed by atoms with Crippen molar-refractivity contribution in [2.75, 3.05) is 6.54 Å². The molecule has 2 aromatic heterocycles. The molecule has 0 atom stereocenters. The predicted molar refractivity (Wildman–Crippen MR) is 89.5 cm³/mol. The molecule has 102 valence electrons. The first-order valence-electron chi connectivity index (χ1n) is 5.49. The minimum atomic E-state index is 0.0286. The molecule has 0 saturated carbocycles. The van der Waals surface area contributed by atoms with Gasteiger partial charge in [-0.05, 0) is 57.0 Å². The highest BCUT2D eigenvalue weighted by Gasteiger charge is 2.20. The Bertz CT molecular complexity index is 596. The molecule has 0 aliphatic rings. The standard InChI is InChI=1S/C12H10Br2ClNOS2/c1-2-16(6-7-3-4-10(15)18-7)12(17)8-5-9(13)19-11(8)14/h3-5H,2,6H2,1H3. The van der Waals surface area contributed by atoms with Gasteiger partial charge in [0.05, 0.1) is 24.0 Å². The third kappa shape index (κ3) is 3.82. The van der Waals surface area contributed by atoms with Crippen molar-refractivity contribution in [3.63, 3.8) is 0 Å². The number of halogens is 3. The van der Waals surface area contributed by atoms with Crippen molar-refractivity contribution in [3.8, 4) is 0 Å². The maximum atomic E-state index is 12.5. The second-order valence-electron chi connectivity index (χ2n) is 3.76. The Hall–Kier alpha value is 0.120. The van der Waals surface area contributed by atoms with Gasteiger partial charge in [0, 0.05) is 11.4 Å². The Kier molecular flexibility index (Phi) is 5.48. The van der Waals surface area contributed by atoms with Crippen LogP contribution in [0.5, 0.6) is 0 Å². The highest BCUT2D eigenvalue weighted by molar-refractivity contribution is 9.12. The smallest absolute Gasteiger partial charge is 0.256 e. The Labute approximate surface area is 141 Å². The van der Waals surface area contributed by atoms with E-state index < -0.39 is 0 Å². The fraction of sp³-hybridized carbons (Fsp3) is 0.250. The van der Waals surface area contributed by atoms with Crippen LogP contribution in [-0.4, -0.2) is 17.4 Å². The van der Waals surface area contributed by atoms with E-state index >= 15 is 0 Å². The fourth-order valence-electron chi connectivity index (χ4n) is 1.61. The van der Waals surface area contributed by atoms with Gasteiger partial charge in [0.2, 0.25) is 0 Å². The Balaban J connectivity index is 2.17. The number of hydrogen-bond donors (Lipinski definition) is 0. The summed E-state index contributed by atoms with van der Waals surface area (Å²) >= 11 is 15.7. The van der Waals surface area contributed by atoms with Crippen LogP contribution in [0.1, 0.15) is 22.2 Å². The van der Waals surface area contributed by atoms with Crippen molar-refractivity contribution >= 4 is 72.0 Å². The van der Waals surface area contributed by atoms with E-state index in [-0.39, 0.29) is 5.91 Å². The molecule has 2 heterocycles. The summed E-state index contributed by atoms with van der Waals surface area (Å²) in [6.45, 7) is 3.23. The molecule has 0 unspecified atom stereocenters. The van der Waals surface area contributed by atoms with Crippen LogP contribution in [0.3, 0.4) is 0 Å². The fourth-order valence-corrected chi connectivity index (χ4v) is 5.49. The van der Waals surface area contributed by atoms with E-state index in [2.05, 4.69) is 31.9 Å². The largest absolute Gasteiger partial charge is 0.334 e. The van der Waals surface area contributed by atoms with Crippen LogP contribution in [0.2, 0.25) is 4.34 Å². The van der Waals surface area contributed by atoms with Gasteiger partial charge in [-0.15, -0.1) is 22.7 Å². The van der Waals surface area contributed by atoms with Crippen molar-refractivity contribution in [3.05, 3.63) is 40.5 Å². The molecule has 2 rings (SSSR count). The van der Waals surface area contributed by atoms with Crippen LogP contribution in [0, 0.1) is 0 Å². The van der Waals surface area contributed by atoms with Gasteiger partial charge >= 0.3 is 0 Å². The molecule has 0 radical (unpaired) electrons. The molecule has 0 saturated heterocycles. The van der Waals surface area contributed by atoms with Crippen LogP contribution in [0.15, 0.2) is 25.8 Å². The molecule has 0 aliphatic carbocycles. The second-order valence-corrected chi connectivity index (χ2v) is 9.31. The zero-order valence-electron chi connectivity index (χ0n) is 9.95. The monoisotopic (exact) mass is 441 g/mol. The first-order valence-corrected chi connectivity index (χ1v) is 9.09. The molecule has 2 nitrogen and oxygen atoms in total. The molecule has 0 aliphatic heterocycles. The van der Waals surface area contributed by atoms with E-state index in [9.17, 15) is 4.79 Å². The van der Waals surface area contributed by atoms with Gasteiger partial charge in [-0.3, -0.25) is 4.79 Å². The van der Waals surface area contributed by atoms with Crippen LogP contribution in [-0.2, 0) is 6.54 Å². The number of carbonyl (C=O) groups excluding carboxylic acids is 1. The van der Waals surface area contributed by atoms with Gasteiger partial charge in [-0.2, -0.15) is 0 Å². The summed E-state index contributed by atoms with van der Waals surface area (Å²) < 4.78 is 2.54. The summed E-state index contributed by atoms with van der Waals surface area (Å²) in [6.07, 6.45) is 0. The van der Waals surface area contributed by atoms with E-state index in [4.69, 9.17) is 11.6 Å². The Morgan fingerprint density at radius 1 is 1.37 bits per heavy atom. The molecular weight excluding hydrogens is 434 g/mol. The highest BCUT2D eigenvalue weighted by Crippen LogP contribution is 2.33. The maximum Gasteiger partial charge on any atom is 0.256 e. The van der Waals surface area contributed by atoms with E-state index in [1.165, 1.54) is 22.7 Å². The Morgan fingerprint density at radius 3 is 2.58 bits per heavy atom. The quantitative estimate of drug-likeness (QED) is 0.598. The third-order valence-corrected chi connectivity index (χ3v) is 6.09. The minimum Gasteiger partial charge on any atom is -0.334 e. The lowest BCUT2D eigenvalue weighted by Crippen LogP contribution is -2.29. The predicted octanol–water partition coefficient (Wildman–Crippen LogP) is 5.65. The van der Waals surface area contributed by atoms with Crippen molar-refractivity contribution in [2.24, 2.45) is 0 Å². The molecule has 0 N–H and O–H groups in total. The number of thiophene rings is 2. The van der Waals surface area contributed by atoms with E-state index in [0.717, 1.165) is 16.8 Å². The number of nitrogens with zero attached hydrogens (tertiary/aromatic N) is 1. The van der Waals surface area contributed by atoms with Crippen molar-refractivity contribution < 1.29 is 4.79 Å². The SMILES string of the molecule is CCN(Cc1ccc(Cl)s1)C(=O)c1cc(Br)sc1Br. The summed E-state index contributed by atoms with van der Waals surface area (Å²) in [4.78, 5) is 15.4. The van der Waals surface area contributed by atoms with Crippen LogP contribution in [0.4, 0.5) is 0 Å². The average molecular weight is 444 g/mol. The van der Waals surface area contributed by atoms with Gasteiger partial charge in [-0.1, -0.05) is 11.6 Å². The first kappa shape index (κ1) is 15.5. The summed E-state index contributed by atoms with van der Waals surface area (Å²) in [6, 6.07) is 5.67. The zero-order valence-corrected chi connectivity index (χ0v) is 15.5. The molecule has 19 heavy (non-hydrogen) atoms. The maximum absolute atomic E-state index is 12.5. The lowest BCUT2D eigenvalue weighted by molar-refractivity contribution is 0.0754. The minimum absolute atomic E-state index is 0.0286. The van der Waals surface area contributed by atoms with Crippen molar-refractivity contribution in [2.45, 2.75) is 13.5 Å². The van der Waals surface area contributed by atoms with Gasteiger partial charge in [0.15, 0.2) is 0 Å². The van der Waals surface area contributed by atoms with Crippen molar-refractivity contribution in [1.29, 1.82) is 0 Å². The zero-order chi connectivity index (χ0) is 14.0. The second kappa shape index (κ2) is 6.72. The third-order valence-electron chi connectivity index (χ3n) is 2.53. The normalized spacial score (nSPS) is 10.7. The molecular formula is C12H10Br2ClNOS2. The molecule has 0 spiro atoms. The molecule has 0 aromatic carbocycles. The summed E-state index contributed by atoms with van der Waals surface area (Å²) in [5.41, 5.74) is 0.696. The molecule has 1 amide bonds. The molecule has 7 heteroatoms. The van der Waals surface area contributed by atoms with Crippen LogP contribution >= 0.6 is 66.1 Å². The first-order chi connectivity index (χ1) is 9.01. The number of amides is 1. The number of rotatable bonds is 4. The average Bonchev–Trinajstić information content (AvgIpc) is 2.91. The molecule has 0 bridgehead atoms. The topological polar surface area (TPSA) is 20.3 Å². The van der Waals surface area contributed by atoms with Crippen molar-refractivity contribution in [1.82, 2.24) is 4.90 Å². The molecule has 2 aromatic rings. The summed E-state index contributed by atoms with van der Waals surface area (Å²) in [5, 5.41) is 0. The van der Waals surface area contributed by atoms with Crippen LogP contribution < -0.4 is 0 Å². The number of carbonyl (C=O) groups is 1. The lowest BCUT2D eigenvalue weighted by atomic mass is 10.3. The highest BCUT2D eigenvalue weighted by atomic mass is 79.9. The van der Waals surface area contributed by atoms with E-state index in [1.54, 1.807) is 4.90 Å². The van der Waals surface area contributed by atoms with Gasteiger partial charge < -0.3 is 4.90 Å².